The van der Waals surface area contributed by atoms with Gasteiger partial charge in [-0.05, 0) is 23.8 Å². The first-order valence-electron chi connectivity index (χ1n) is 8.18. The summed E-state index contributed by atoms with van der Waals surface area (Å²) in [5, 5.41) is 0. The Balaban J connectivity index is 1.34. The van der Waals surface area contributed by atoms with Gasteiger partial charge in [0, 0.05) is 38.8 Å². The molecule has 2 aliphatic rings. The van der Waals surface area contributed by atoms with E-state index in [1.807, 2.05) is 18.2 Å². The van der Waals surface area contributed by atoms with Gasteiger partial charge in [0.25, 0.3) is 5.91 Å². The Bertz CT molecular complexity index is 819. The summed E-state index contributed by atoms with van der Waals surface area (Å²) in [7, 11) is 0. The minimum atomic E-state index is -0.454. The number of rotatable bonds is 3. The van der Waals surface area contributed by atoms with Crippen LogP contribution in [0, 0.1) is 0 Å². The van der Waals surface area contributed by atoms with Crippen LogP contribution in [0.3, 0.4) is 0 Å². The van der Waals surface area contributed by atoms with Gasteiger partial charge < -0.3 is 18.8 Å². The third kappa shape index (κ3) is 3.36. The van der Waals surface area contributed by atoms with Gasteiger partial charge in [-0.2, -0.15) is 0 Å². The molecule has 25 heavy (non-hydrogen) atoms. The lowest BCUT2D eigenvalue weighted by Gasteiger charge is -2.34. The van der Waals surface area contributed by atoms with E-state index in [0.717, 1.165) is 36.7 Å². The van der Waals surface area contributed by atoms with E-state index in [4.69, 9.17) is 13.9 Å². The average molecular weight is 342 g/mol. The molecule has 0 atom stereocenters. The summed E-state index contributed by atoms with van der Waals surface area (Å²) >= 11 is 0. The van der Waals surface area contributed by atoms with Gasteiger partial charge in [0.15, 0.2) is 11.5 Å². The molecule has 2 aliphatic heterocycles. The molecule has 1 aromatic carbocycles. The van der Waals surface area contributed by atoms with Crippen LogP contribution in [0.5, 0.6) is 11.5 Å². The van der Waals surface area contributed by atoms with Crippen LogP contribution in [-0.4, -0.2) is 48.7 Å². The maximum Gasteiger partial charge on any atom is 0.335 e. The second kappa shape index (κ2) is 6.60. The first kappa shape index (κ1) is 15.7. The molecule has 0 saturated carbocycles. The quantitative estimate of drug-likeness (QED) is 0.838. The Kier molecular flexibility index (Phi) is 4.15. The molecule has 0 spiro atoms. The Morgan fingerprint density at radius 1 is 1.00 bits per heavy atom. The maximum absolute atomic E-state index is 12.4. The van der Waals surface area contributed by atoms with Crippen molar-refractivity contribution in [2.75, 3.05) is 33.0 Å². The first-order valence-corrected chi connectivity index (χ1v) is 8.18. The number of fused-ring (bicyclic) bond motifs is 1. The highest BCUT2D eigenvalue weighted by molar-refractivity contribution is 5.93. The molecule has 0 unspecified atom stereocenters. The molecule has 7 nitrogen and oxygen atoms in total. The van der Waals surface area contributed by atoms with Crippen molar-refractivity contribution < 1.29 is 18.7 Å². The predicted molar refractivity (Wildman–Crippen MR) is 88.7 cm³/mol. The van der Waals surface area contributed by atoms with Crippen molar-refractivity contribution in [3.63, 3.8) is 0 Å². The number of hydrogen-bond acceptors (Lipinski definition) is 6. The minimum Gasteiger partial charge on any atom is -0.454 e. The van der Waals surface area contributed by atoms with Crippen LogP contribution in [0.1, 0.15) is 15.9 Å². The molecule has 1 aromatic heterocycles. The fourth-order valence-electron chi connectivity index (χ4n) is 3.07. The van der Waals surface area contributed by atoms with Gasteiger partial charge in [-0.1, -0.05) is 6.07 Å². The highest BCUT2D eigenvalue weighted by atomic mass is 16.7. The van der Waals surface area contributed by atoms with Gasteiger partial charge >= 0.3 is 5.63 Å². The number of benzene rings is 1. The molecular formula is C18H18N2O5. The number of ether oxygens (including phenoxy) is 2. The zero-order valence-corrected chi connectivity index (χ0v) is 13.6. The van der Waals surface area contributed by atoms with Crippen molar-refractivity contribution >= 4 is 5.91 Å². The summed E-state index contributed by atoms with van der Waals surface area (Å²) in [5.41, 5.74) is 1.11. The van der Waals surface area contributed by atoms with Crippen LogP contribution in [-0.2, 0) is 6.54 Å². The number of amides is 1. The highest BCUT2D eigenvalue weighted by Crippen LogP contribution is 2.32. The Morgan fingerprint density at radius 2 is 1.80 bits per heavy atom. The van der Waals surface area contributed by atoms with E-state index in [1.54, 1.807) is 4.90 Å². The molecule has 1 amide bonds. The number of piperazine rings is 1. The highest BCUT2D eigenvalue weighted by Gasteiger charge is 2.23. The summed E-state index contributed by atoms with van der Waals surface area (Å²) in [4.78, 5) is 27.5. The second-order valence-electron chi connectivity index (χ2n) is 6.10. The smallest absolute Gasteiger partial charge is 0.335 e. The van der Waals surface area contributed by atoms with Gasteiger partial charge in [-0.3, -0.25) is 9.69 Å². The fourth-order valence-corrected chi connectivity index (χ4v) is 3.07. The van der Waals surface area contributed by atoms with Crippen LogP contribution < -0.4 is 15.1 Å². The third-order valence-electron chi connectivity index (χ3n) is 4.45. The molecule has 130 valence electrons. The van der Waals surface area contributed by atoms with Crippen LogP contribution in [0.15, 0.2) is 45.8 Å². The van der Waals surface area contributed by atoms with Crippen molar-refractivity contribution in [2.24, 2.45) is 0 Å². The van der Waals surface area contributed by atoms with Gasteiger partial charge in [-0.15, -0.1) is 0 Å². The summed E-state index contributed by atoms with van der Waals surface area (Å²) in [6, 6.07) is 8.75. The molecular weight excluding hydrogens is 324 g/mol. The largest absolute Gasteiger partial charge is 0.454 e. The third-order valence-corrected chi connectivity index (χ3v) is 4.45. The topological polar surface area (TPSA) is 72.2 Å². The van der Waals surface area contributed by atoms with Gasteiger partial charge in [0.2, 0.25) is 6.79 Å². The van der Waals surface area contributed by atoms with Crippen LogP contribution >= 0.6 is 0 Å². The molecule has 0 radical (unpaired) electrons. The standard InChI is InChI=1S/C18H18N2O5/c21-17-4-2-14(11-23-17)18(22)20-7-5-19(6-8-20)10-13-1-3-15-16(9-13)25-12-24-15/h1-4,9,11H,5-8,10,12H2. The minimum absolute atomic E-state index is 0.105. The van der Waals surface area contributed by atoms with Crippen molar-refractivity contribution in [3.8, 4) is 11.5 Å². The van der Waals surface area contributed by atoms with E-state index in [0.29, 0.717) is 18.7 Å². The van der Waals surface area contributed by atoms with E-state index in [-0.39, 0.29) is 12.7 Å². The number of hydrogen-bond donors (Lipinski definition) is 0. The molecule has 1 fully saturated rings. The van der Waals surface area contributed by atoms with Crippen molar-refractivity contribution in [2.45, 2.75) is 6.54 Å². The SMILES string of the molecule is O=C(c1ccc(=O)oc1)N1CCN(Cc2ccc3c(c2)OCO3)CC1. The Labute approximate surface area is 144 Å². The first-order chi connectivity index (χ1) is 12.2. The number of carbonyl (C=O) groups excluding carboxylic acids is 1. The molecule has 7 heteroatoms. The average Bonchev–Trinajstić information content (AvgIpc) is 3.10. The van der Waals surface area contributed by atoms with Crippen molar-refractivity contribution in [3.05, 3.63) is 58.1 Å². The van der Waals surface area contributed by atoms with E-state index in [1.165, 1.54) is 18.4 Å². The molecule has 3 heterocycles. The molecule has 0 bridgehead atoms. The number of carbonyl (C=O) groups is 1. The summed E-state index contributed by atoms with van der Waals surface area (Å²) in [6.07, 6.45) is 1.23. The fraction of sp³-hybridized carbons (Fsp3) is 0.333. The molecule has 2 aromatic rings. The maximum atomic E-state index is 12.4. The zero-order valence-electron chi connectivity index (χ0n) is 13.6. The van der Waals surface area contributed by atoms with E-state index >= 15 is 0 Å². The van der Waals surface area contributed by atoms with Crippen molar-refractivity contribution in [1.82, 2.24) is 9.80 Å². The molecule has 0 aliphatic carbocycles. The van der Waals surface area contributed by atoms with Gasteiger partial charge in [-0.25, -0.2) is 4.79 Å². The zero-order chi connectivity index (χ0) is 17.2. The second-order valence-corrected chi connectivity index (χ2v) is 6.10. The van der Waals surface area contributed by atoms with Gasteiger partial charge in [0.05, 0.1) is 5.56 Å². The predicted octanol–water partition coefficient (Wildman–Crippen LogP) is 1.33. The lowest BCUT2D eigenvalue weighted by atomic mass is 10.1. The van der Waals surface area contributed by atoms with E-state index in [9.17, 15) is 9.59 Å². The molecule has 4 rings (SSSR count). The molecule has 1 saturated heterocycles. The van der Waals surface area contributed by atoms with Crippen LogP contribution in [0.25, 0.3) is 0 Å². The number of nitrogens with zero attached hydrogens (tertiary/aromatic N) is 2. The normalized spacial score (nSPS) is 16.9. The summed E-state index contributed by atoms with van der Waals surface area (Å²) in [6.45, 7) is 3.94. The lowest BCUT2D eigenvalue weighted by Crippen LogP contribution is -2.48. The summed E-state index contributed by atoms with van der Waals surface area (Å²) < 4.78 is 15.5. The van der Waals surface area contributed by atoms with Crippen molar-refractivity contribution in [1.29, 1.82) is 0 Å². The lowest BCUT2D eigenvalue weighted by molar-refractivity contribution is 0.0626. The van der Waals surface area contributed by atoms with Crippen LogP contribution in [0.2, 0.25) is 0 Å². The van der Waals surface area contributed by atoms with E-state index < -0.39 is 5.63 Å². The Morgan fingerprint density at radius 3 is 2.56 bits per heavy atom. The molecule has 0 N–H and O–H groups in total. The van der Waals surface area contributed by atoms with Gasteiger partial charge in [0.1, 0.15) is 6.26 Å². The Hall–Kier alpha value is -2.80. The van der Waals surface area contributed by atoms with E-state index in [2.05, 4.69) is 4.90 Å². The van der Waals surface area contributed by atoms with Crippen LogP contribution in [0.4, 0.5) is 0 Å². The monoisotopic (exact) mass is 342 g/mol. The summed E-state index contributed by atoms with van der Waals surface area (Å²) in [5.74, 6) is 1.47.